The molecular weight excluding hydrogens is 332 g/mol. The van der Waals surface area contributed by atoms with E-state index in [1.54, 1.807) is 24.5 Å². The number of furan rings is 1. The average molecular weight is 352 g/mol. The Balaban J connectivity index is 1.70. The molecule has 0 bridgehead atoms. The van der Waals surface area contributed by atoms with Gasteiger partial charge in [0.2, 0.25) is 0 Å². The number of benzene rings is 2. The summed E-state index contributed by atoms with van der Waals surface area (Å²) in [5.74, 6) is 0.149. The Morgan fingerprint density at radius 1 is 1.08 bits per heavy atom. The molecule has 0 atom stereocenters. The molecule has 0 aliphatic rings. The number of hydrogen-bond donors (Lipinski definition) is 0. The first-order valence-corrected chi connectivity index (χ1v) is 8.28. The van der Waals surface area contributed by atoms with Crippen molar-refractivity contribution in [2.45, 2.75) is 26.9 Å². The number of carbonyl (C=O) groups is 2. The standard InChI is InChI=1S/C21H20O5/c1-13-4-6-18-16(11-25-20(18)8-13)10-21(23)26-12-17-9-15(14(2)22)5-7-19(17)24-3/h4-9,11H,10,12H2,1-3H3. The Labute approximate surface area is 151 Å². The molecule has 0 saturated carbocycles. The summed E-state index contributed by atoms with van der Waals surface area (Å²) in [6.07, 6.45) is 1.70. The SMILES string of the molecule is COc1ccc(C(C)=O)cc1COC(=O)Cc1coc2cc(C)ccc12. The van der Waals surface area contributed by atoms with Gasteiger partial charge < -0.3 is 13.9 Å². The van der Waals surface area contributed by atoms with E-state index >= 15 is 0 Å². The van der Waals surface area contributed by atoms with Crippen LogP contribution in [0.3, 0.4) is 0 Å². The first-order valence-electron chi connectivity index (χ1n) is 8.28. The second kappa shape index (κ2) is 7.44. The summed E-state index contributed by atoms with van der Waals surface area (Å²) < 4.78 is 16.2. The van der Waals surface area contributed by atoms with E-state index in [1.165, 1.54) is 14.0 Å². The van der Waals surface area contributed by atoms with E-state index in [2.05, 4.69) is 0 Å². The minimum absolute atomic E-state index is 0.0397. The maximum absolute atomic E-state index is 12.2. The van der Waals surface area contributed by atoms with E-state index in [4.69, 9.17) is 13.9 Å². The topological polar surface area (TPSA) is 65.7 Å². The summed E-state index contributed by atoms with van der Waals surface area (Å²) in [5.41, 5.74) is 3.84. The molecule has 0 N–H and O–H groups in total. The minimum atomic E-state index is -0.372. The lowest BCUT2D eigenvalue weighted by molar-refractivity contribution is -0.144. The van der Waals surface area contributed by atoms with Crippen molar-refractivity contribution < 1.29 is 23.5 Å². The number of hydrogen-bond acceptors (Lipinski definition) is 5. The highest BCUT2D eigenvalue weighted by Crippen LogP contribution is 2.24. The Hall–Kier alpha value is -3.08. The molecule has 0 radical (unpaired) electrons. The van der Waals surface area contributed by atoms with E-state index in [1.807, 2.05) is 25.1 Å². The van der Waals surface area contributed by atoms with Crippen molar-refractivity contribution in [2.24, 2.45) is 0 Å². The molecule has 0 spiro atoms. The number of methoxy groups -OCH3 is 1. The van der Waals surface area contributed by atoms with Crippen LogP contribution in [0.1, 0.15) is 34.0 Å². The fourth-order valence-electron chi connectivity index (χ4n) is 2.80. The molecule has 26 heavy (non-hydrogen) atoms. The highest BCUT2D eigenvalue weighted by atomic mass is 16.5. The monoisotopic (exact) mass is 352 g/mol. The van der Waals surface area contributed by atoms with E-state index in [0.717, 1.165) is 22.1 Å². The number of ketones is 1. The zero-order chi connectivity index (χ0) is 18.7. The van der Waals surface area contributed by atoms with Gasteiger partial charge in [0.25, 0.3) is 0 Å². The van der Waals surface area contributed by atoms with Gasteiger partial charge in [-0.15, -0.1) is 0 Å². The first-order chi connectivity index (χ1) is 12.5. The van der Waals surface area contributed by atoms with Crippen molar-refractivity contribution in [3.63, 3.8) is 0 Å². The number of ether oxygens (including phenoxy) is 2. The lowest BCUT2D eigenvalue weighted by Crippen LogP contribution is -2.09. The second-order valence-corrected chi connectivity index (χ2v) is 6.18. The number of esters is 1. The van der Waals surface area contributed by atoms with Crippen LogP contribution in [0.5, 0.6) is 5.75 Å². The molecule has 3 aromatic rings. The fraction of sp³-hybridized carbons (Fsp3) is 0.238. The zero-order valence-electron chi connectivity index (χ0n) is 15.0. The summed E-state index contributed by atoms with van der Waals surface area (Å²) in [4.78, 5) is 23.8. The fourth-order valence-corrected chi connectivity index (χ4v) is 2.80. The van der Waals surface area contributed by atoms with E-state index < -0.39 is 0 Å². The molecule has 0 aliphatic heterocycles. The summed E-state index contributed by atoms with van der Waals surface area (Å²) >= 11 is 0. The van der Waals surface area contributed by atoms with Crippen LogP contribution < -0.4 is 4.74 Å². The van der Waals surface area contributed by atoms with E-state index in [0.29, 0.717) is 16.9 Å². The van der Waals surface area contributed by atoms with Gasteiger partial charge in [0.15, 0.2) is 5.78 Å². The predicted molar refractivity (Wildman–Crippen MR) is 97.4 cm³/mol. The third-order valence-corrected chi connectivity index (χ3v) is 4.22. The number of aryl methyl sites for hydroxylation is 1. The lowest BCUT2D eigenvalue weighted by Gasteiger charge is -2.10. The van der Waals surface area contributed by atoms with Crippen LogP contribution in [0.2, 0.25) is 0 Å². The smallest absolute Gasteiger partial charge is 0.310 e. The number of fused-ring (bicyclic) bond motifs is 1. The molecular formula is C21H20O5. The van der Waals surface area contributed by atoms with Crippen molar-refractivity contribution in [3.8, 4) is 5.75 Å². The summed E-state index contributed by atoms with van der Waals surface area (Å²) in [6, 6.07) is 10.9. The average Bonchev–Trinajstić information content (AvgIpc) is 3.01. The van der Waals surface area contributed by atoms with Gasteiger partial charge in [0.1, 0.15) is 17.9 Å². The molecule has 5 heteroatoms. The summed E-state index contributed by atoms with van der Waals surface area (Å²) in [5, 5.41) is 0.906. The Kier molecular flexibility index (Phi) is 5.07. The highest BCUT2D eigenvalue weighted by Gasteiger charge is 2.14. The molecule has 0 unspecified atom stereocenters. The first kappa shape index (κ1) is 17.7. The quantitative estimate of drug-likeness (QED) is 0.490. The van der Waals surface area contributed by atoms with E-state index in [-0.39, 0.29) is 24.8 Å². The van der Waals surface area contributed by atoms with Crippen molar-refractivity contribution in [2.75, 3.05) is 7.11 Å². The van der Waals surface area contributed by atoms with Crippen molar-refractivity contribution in [3.05, 3.63) is 64.9 Å². The van der Waals surface area contributed by atoms with Gasteiger partial charge in [-0.05, 0) is 43.7 Å². The number of rotatable bonds is 6. The molecule has 5 nitrogen and oxygen atoms in total. The molecule has 134 valence electrons. The number of carbonyl (C=O) groups excluding carboxylic acids is 2. The maximum Gasteiger partial charge on any atom is 0.310 e. The van der Waals surface area contributed by atoms with Crippen LogP contribution in [0.15, 0.2) is 47.1 Å². The van der Waals surface area contributed by atoms with Gasteiger partial charge in [-0.3, -0.25) is 9.59 Å². The van der Waals surface area contributed by atoms with Crippen LogP contribution in [0.4, 0.5) is 0 Å². The Morgan fingerprint density at radius 2 is 1.88 bits per heavy atom. The van der Waals surface area contributed by atoms with Crippen molar-refractivity contribution in [1.29, 1.82) is 0 Å². The molecule has 2 aromatic carbocycles. The van der Waals surface area contributed by atoms with Crippen molar-refractivity contribution in [1.82, 2.24) is 0 Å². The minimum Gasteiger partial charge on any atom is -0.496 e. The van der Waals surface area contributed by atoms with Gasteiger partial charge in [0.05, 0.1) is 19.8 Å². The molecule has 0 saturated heterocycles. The van der Waals surface area contributed by atoms with Crippen LogP contribution >= 0.6 is 0 Å². The molecule has 1 aromatic heterocycles. The van der Waals surface area contributed by atoms with Gasteiger partial charge in [-0.2, -0.15) is 0 Å². The van der Waals surface area contributed by atoms with Crippen molar-refractivity contribution >= 4 is 22.7 Å². The van der Waals surface area contributed by atoms with Crippen LogP contribution in [0, 0.1) is 6.92 Å². The van der Waals surface area contributed by atoms with Crippen LogP contribution in [0.25, 0.3) is 11.0 Å². The molecule has 1 heterocycles. The van der Waals surface area contributed by atoms with Crippen LogP contribution in [-0.4, -0.2) is 18.9 Å². The normalized spacial score (nSPS) is 10.7. The number of Topliss-reactive ketones (excluding diaryl/α,β-unsaturated/α-hetero) is 1. The Bertz CT molecular complexity index is 968. The third kappa shape index (κ3) is 3.77. The zero-order valence-corrected chi connectivity index (χ0v) is 15.0. The van der Waals surface area contributed by atoms with E-state index in [9.17, 15) is 9.59 Å². The third-order valence-electron chi connectivity index (χ3n) is 4.22. The largest absolute Gasteiger partial charge is 0.496 e. The predicted octanol–water partition coefficient (Wildman–Crippen LogP) is 4.24. The molecule has 0 aliphatic carbocycles. The molecule has 3 rings (SSSR count). The molecule has 0 fully saturated rings. The second-order valence-electron chi connectivity index (χ2n) is 6.18. The lowest BCUT2D eigenvalue weighted by atomic mass is 10.1. The van der Waals surface area contributed by atoms with Gasteiger partial charge in [0, 0.05) is 22.1 Å². The summed E-state index contributed by atoms with van der Waals surface area (Å²) in [6.45, 7) is 3.51. The van der Waals surface area contributed by atoms with Crippen LogP contribution in [-0.2, 0) is 22.6 Å². The Morgan fingerprint density at radius 3 is 2.62 bits per heavy atom. The summed E-state index contributed by atoms with van der Waals surface area (Å²) in [7, 11) is 1.54. The van der Waals surface area contributed by atoms with Gasteiger partial charge in [-0.1, -0.05) is 12.1 Å². The molecule has 0 amide bonds. The van der Waals surface area contributed by atoms with Gasteiger partial charge in [-0.25, -0.2) is 0 Å². The maximum atomic E-state index is 12.2. The highest BCUT2D eigenvalue weighted by molar-refractivity contribution is 5.94. The van der Waals surface area contributed by atoms with Gasteiger partial charge >= 0.3 is 5.97 Å².